The number of phenolic OH excluding ortho intramolecular Hbond substituents is 1. The lowest BCUT2D eigenvalue weighted by Crippen LogP contribution is -2.10. The molecule has 0 radical (unpaired) electrons. The number of nitrogens with zero attached hydrogens (tertiary/aromatic N) is 2. The Labute approximate surface area is 136 Å². The van der Waals surface area contributed by atoms with E-state index in [4.69, 9.17) is 11.6 Å². The number of aromatic hydroxyl groups is 1. The third-order valence-electron chi connectivity index (χ3n) is 3.15. The minimum Gasteiger partial charge on any atom is -0.508 e. The van der Waals surface area contributed by atoms with Crippen LogP contribution in [0.25, 0.3) is 0 Å². The van der Waals surface area contributed by atoms with Gasteiger partial charge in [0, 0.05) is 12.6 Å². The van der Waals surface area contributed by atoms with Crippen molar-refractivity contribution < 1.29 is 9.90 Å². The molecule has 2 heterocycles. The van der Waals surface area contributed by atoms with Gasteiger partial charge in [-0.05, 0) is 35.9 Å². The molecule has 3 aromatic rings. The number of hydrogen-bond acceptors (Lipinski definition) is 4. The molecule has 0 bridgehead atoms. The standard InChI is InChI=1S/C16H13ClN2O2S/c17-16-5-4-15(22-16)14(21)10-19-7-6-12(18-19)8-11-2-1-3-13(20)9-11/h1-7,9,20H,8,10H2. The zero-order chi connectivity index (χ0) is 15.5. The molecule has 112 valence electrons. The summed E-state index contributed by atoms with van der Waals surface area (Å²) in [4.78, 5) is 12.7. The zero-order valence-corrected chi connectivity index (χ0v) is 13.1. The number of aromatic nitrogens is 2. The fraction of sp³-hybridized carbons (Fsp3) is 0.125. The van der Waals surface area contributed by atoms with E-state index in [2.05, 4.69) is 5.10 Å². The number of hydrogen-bond donors (Lipinski definition) is 1. The van der Waals surface area contributed by atoms with Crippen LogP contribution in [0.5, 0.6) is 5.75 Å². The molecule has 0 aliphatic heterocycles. The van der Waals surface area contributed by atoms with Gasteiger partial charge in [-0.15, -0.1) is 11.3 Å². The van der Waals surface area contributed by atoms with Crippen LogP contribution in [-0.4, -0.2) is 20.7 Å². The van der Waals surface area contributed by atoms with Crippen molar-refractivity contribution >= 4 is 28.7 Å². The fourth-order valence-electron chi connectivity index (χ4n) is 2.15. The van der Waals surface area contributed by atoms with Crippen LogP contribution in [0, 0.1) is 0 Å². The Morgan fingerprint density at radius 3 is 2.86 bits per heavy atom. The molecule has 1 N–H and O–H groups in total. The topological polar surface area (TPSA) is 55.1 Å². The van der Waals surface area contributed by atoms with Gasteiger partial charge in [-0.2, -0.15) is 5.10 Å². The predicted molar refractivity (Wildman–Crippen MR) is 86.8 cm³/mol. The van der Waals surface area contributed by atoms with E-state index in [0.29, 0.717) is 15.6 Å². The molecule has 3 rings (SSSR count). The lowest BCUT2D eigenvalue weighted by atomic mass is 10.1. The van der Waals surface area contributed by atoms with Gasteiger partial charge in [0.2, 0.25) is 0 Å². The molecule has 4 nitrogen and oxygen atoms in total. The molecule has 0 spiro atoms. The van der Waals surface area contributed by atoms with Crippen molar-refractivity contribution in [2.24, 2.45) is 0 Å². The Bertz CT molecular complexity index is 810. The quantitative estimate of drug-likeness (QED) is 0.723. The maximum absolute atomic E-state index is 12.1. The van der Waals surface area contributed by atoms with Crippen LogP contribution >= 0.6 is 22.9 Å². The SMILES string of the molecule is O=C(Cn1ccc(Cc2cccc(O)c2)n1)c1ccc(Cl)s1. The highest BCUT2D eigenvalue weighted by Gasteiger charge is 2.10. The van der Waals surface area contributed by atoms with Crippen molar-refractivity contribution in [2.75, 3.05) is 0 Å². The van der Waals surface area contributed by atoms with Crippen LogP contribution in [-0.2, 0) is 13.0 Å². The first-order valence-corrected chi connectivity index (χ1v) is 7.88. The summed E-state index contributed by atoms with van der Waals surface area (Å²) in [5.41, 5.74) is 1.82. The molecule has 0 amide bonds. The molecule has 0 aliphatic rings. The highest BCUT2D eigenvalue weighted by Crippen LogP contribution is 2.22. The van der Waals surface area contributed by atoms with E-state index in [1.807, 2.05) is 12.1 Å². The molecule has 0 saturated heterocycles. The van der Waals surface area contributed by atoms with Gasteiger partial charge in [-0.3, -0.25) is 9.48 Å². The van der Waals surface area contributed by atoms with E-state index in [0.717, 1.165) is 11.3 Å². The summed E-state index contributed by atoms with van der Waals surface area (Å²) < 4.78 is 2.22. The van der Waals surface area contributed by atoms with E-state index in [9.17, 15) is 9.90 Å². The lowest BCUT2D eigenvalue weighted by molar-refractivity contribution is 0.0971. The summed E-state index contributed by atoms with van der Waals surface area (Å²) in [6.07, 6.45) is 2.39. The van der Waals surface area contributed by atoms with Crippen LogP contribution in [0.2, 0.25) is 4.34 Å². The van der Waals surface area contributed by atoms with E-state index in [-0.39, 0.29) is 18.1 Å². The van der Waals surface area contributed by atoms with Gasteiger partial charge >= 0.3 is 0 Å². The minimum absolute atomic E-state index is 0.0103. The Morgan fingerprint density at radius 2 is 2.14 bits per heavy atom. The number of Topliss-reactive ketones (excluding diaryl/α,β-unsaturated/α-hetero) is 1. The molecule has 22 heavy (non-hydrogen) atoms. The summed E-state index contributed by atoms with van der Waals surface area (Å²) in [6, 6.07) is 12.4. The highest BCUT2D eigenvalue weighted by molar-refractivity contribution is 7.18. The number of carbonyl (C=O) groups excluding carboxylic acids is 1. The molecule has 0 fully saturated rings. The van der Waals surface area contributed by atoms with Crippen molar-refractivity contribution in [2.45, 2.75) is 13.0 Å². The van der Waals surface area contributed by atoms with E-state index < -0.39 is 0 Å². The van der Waals surface area contributed by atoms with Crippen LogP contribution in [0.1, 0.15) is 20.9 Å². The number of halogens is 1. The minimum atomic E-state index is -0.0103. The smallest absolute Gasteiger partial charge is 0.194 e. The van der Waals surface area contributed by atoms with E-state index in [1.54, 1.807) is 41.2 Å². The van der Waals surface area contributed by atoms with Crippen molar-refractivity contribution in [3.63, 3.8) is 0 Å². The first kappa shape index (κ1) is 14.8. The highest BCUT2D eigenvalue weighted by atomic mass is 35.5. The van der Waals surface area contributed by atoms with Gasteiger partial charge in [0.05, 0.1) is 14.9 Å². The van der Waals surface area contributed by atoms with Crippen molar-refractivity contribution in [1.82, 2.24) is 9.78 Å². The van der Waals surface area contributed by atoms with Gasteiger partial charge < -0.3 is 5.11 Å². The Morgan fingerprint density at radius 1 is 1.27 bits per heavy atom. The van der Waals surface area contributed by atoms with Crippen molar-refractivity contribution in [1.29, 1.82) is 0 Å². The summed E-state index contributed by atoms with van der Waals surface area (Å²) in [7, 11) is 0. The normalized spacial score (nSPS) is 10.8. The lowest BCUT2D eigenvalue weighted by Gasteiger charge is -2.00. The van der Waals surface area contributed by atoms with Crippen molar-refractivity contribution in [3.8, 4) is 5.75 Å². The number of benzene rings is 1. The average Bonchev–Trinajstić information content (AvgIpc) is 3.08. The molecular weight excluding hydrogens is 320 g/mol. The Hall–Kier alpha value is -2.11. The molecule has 6 heteroatoms. The number of ketones is 1. The first-order valence-electron chi connectivity index (χ1n) is 6.69. The number of thiophene rings is 1. The molecular formula is C16H13ClN2O2S. The van der Waals surface area contributed by atoms with Crippen LogP contribution in [0.4, 0.5) is 0 Å². The van der Waals surface area contributed by atoms with Crippen LogP contribution < -0.4 is 0 Å². The number of phenols is 1. The second kappa shape index (κ2) is 6.34. The molecule has 0 unspecified atom stereocenters. The van der Waals surface area contributed by atoms with Gasteiger partial charge in [0.1, 0.15) is 12.3 Å². The van der Waals surface area contributed by atoms with Gasteiger partial charge in [0.15, 0.2) is 5.78 Å². The second-order valence-corrected chi connectivity index (χ2v) is 6.59. The largest absolute Gasteiger partial charge is 0.508 e. The van der Waals surface area contributed by atoms with E-state index >= 15 is 0 Å². The first-order chi connectivity index (χ1) is 10.6. The van der Waals surface area contributed by atoms with Gasteiger partial charge in [-0.1, -0.05) is 23.7 Å². The van der Waals surface area contributed by atoms with Gasteiger partial charge in [-0.25, -0.2) is 0 Å². The molecule has 0 saturated carbocycles. The molecule has 0 aliphatic carbocycles. The third-order valence-corrected chi connectivity index (χ3v) is 4.42. The summed E-state index contributed by atoms with van der Waals surface area (Å²) in [5.74, 6) is 0.227. The monoisotopic (exact) mass is 332 g/mol. The van der Waals surface area contributed by atoms with E-state index in [1.165, 1.54) is 11.3 Å². The summed E-state index contributed by atoms with van der Waals surface area (Å²) >= 11 is 7.11. The maximum atomic E-state index is 12.1. The number of rotatable bonds is 5. The summed E-state index contributed by atoms with van der Waals surface area (Å²) in [6.45, 7) is 0.191. The molecule has 2 aromatic heterocycles. The van der Waals surface area contributed by atoms with Crippen LogP contribution in [0.3, 0.4) is 0 Å². The Balaban J connectivity index is 1.67. The zero-order valence-electron chi connectivity index (χ0n) is 11.6. The number of carbonyl (C=O) groups is 1. The maximum Gasteiger partial charge on any atom is 0.194 e. The summed E-state index contributed by atoms with van der Waals surface area (Å²) in [5, 5.41) is 13.9. The van der Waals surface area contributed by atoms with Crippen LogP contribution in [0.15, 0.2) is 48.7 Å². The molecule has 1 aromatic carbocycles. The molecule has 0 atom stereocenters. The third kappa shape index (κ3) is 3.55. The average molecular weight is 333 g/mol. The Kier molecular flexibility index (Phi) is 4.27. The van der Waals surface area contributed by atoms with Crippen molar-refractivity contribution in [3.05, 3.63) is 69.1 Å². The predicted octanol–water partition coefficient (Wildman–Crippen LogP) is 3.78. The second-order valence-electron chi connectivity index (χ2n) is 4.88. The fourth-order valence-corrected chi connectivity index (χ4v) is 3.12. The van der Waals surface area contributed by atoms with Gasteiger partial charge in [0.25, 0.3) is 0 Å².